The number of urea groups is 1. The molecule has 76 valence electrons. The number of aromatic nitrogens is 1. The Morgan fingerprint density at radius 3 is 2.86 bits per heavy atom. The normalized spacial score (nSPS) is 9.50. The van der Waals surface area contributed by atoms with Gasteiger partial charge in [-0.05, 0) is 15.9 Å². The standard InChI is InChI=1S/C6H6BrN3O3S/c7-3-1-9-6(14-3)10-5(13)8-2-4(11)12/h1H,2H2,(H,11,12)(H2,8,9,10,13). The van der Waals surface area contributed by atoms with Crippen LogP contribution in [-0.2, 0) is 4.79 Å². The van der Waals surface area contributed by atoms with Crippen LogP contribution in [0, 0.1) is 0 Å². The van der Waals surface area contributed by atoms with Gasteiger partial charge in [0.2, 0.25) is 0 Å². The molecule has 1 aromatic rings. The van der Waals surface area contributed by atoms with Crippen molar-refractivity contribution in [1.82, 2.24) is 10.3 Å². The highest BCUT2D eigenvalue weighted by Gasteiger charge is 2.06. The number of thiazole rings is 1. The number of carbonyl (C=O) groups is 2. The number of aliphatic carboxylic acids is 1. The van der Waals surface area contributed by atoms with Crippen LogP contribution in [0.3, 0.4) is 0 Å². The van der Waals surface area contributed by atoms with Crippen LogP contribution in [0.1, 0.15) is 0 Å². The number of nitrogens with zero attached hydrogens (tertiary/aromatic N) is 1. The molecule has 0 aliphatic heterocycles. The zero-order valence-corrected chi connectivity index (χ0v) is 9.18. The summed E-state index contributed by atoms with van der Waals surface area (Å²) in [4.78, 5) is 24.9. The first-order valence-corrected chi connectivity index (χ1v) is 5.07. The molecule has 0 radical (unpaired) electrons. The summed E-state index contributed by atoms with van der Waals surface area (Å²) >= 11 is 4.41. The van der Waals surface area contributed by atoms with Gasteiger partial charge in [-0.25, -0.2) is 9.78 Å². The van der Waals surface area contributed by atoms with Crippen LogP contribution in [-0.4, -0.2) is 28.6 Å². The Labute approximate surface area is 91.5 Å². The smallest absolute Gasteiger partial charge is 0.323 e. The molecular formula is C6H6BrN3O3S. The number of amides is 2. The highest BCUT2D eigenvalue weighted by molar-refractivity contribution is 9.11. The molecule has 0 aromatic carbocycles. The maximum absolute atomic E-state index is 11.0. The molecule has 0 unspecified atom stereocenters. The minimum Gasteiger partial charge on any atom is -0.480 e. The summed E-state index contributed by atoms with van der Waals surface area (Å²) in [6, 6.07) is -0.589. The molecule has 0 saturated heterocycles. The second kappa shape index (κ2) is 4.91. The highest BCUT2D eigenvalue weighted by atomic mass is 79.9. The fourth-order valence-corrected chi connectivity index (χ4v) is 1.71. The van der Waals surface area contributed by atoms with Crippen molar-refractivity contribution in [2.45, 2.75) is 0 Å². The van der Waals surface area contributed by atoms with Crippen molar-refractivity contribution in [1.29, 1.82) is 0 Å². The number of anilines is 1. The van der Waals surface area contributed by atoms with E-state index in [9.17, 15) is 9.59 Å². The van der Waals surface area contributed by atoms with Crippen LogP contribution in [0.2, 0.25) is 0 Å². The van der Waals surface area contributed by atoms with Crippen molar-refractivity contribution in [3.8, 4) is 0 Å². The lowest BCUT2D eigenvalue weighted by atomic mass is 10.6. The highest BCUT2D eigenvalue weighted by Crippen LogP contribution is 2.22. The van der Waals surface area contributed by atoms with Gasteiger partial charge in [0.25, 0.3) is 0 Å². The molecule has 0 bridgehead atoms. The van der Waals surface area contributed by atoms with Gasteiger partial charge in [-0.2, -0.15) is 0 Å². The monoisotopic (exact) mass is 279 g/mol. The van der Waals surface area contributed by atoms with Crippen LogP contribution in [0.4, 0.5) is 9.93 Å². The Morgan fingerprint density at radius 1 is 1.64 bits per heavy atom. The van der Waals surface area contributed by atoms with Gasteiger partial charge in [-0.1, -0.05) is 11.3 Å². The Hall–Kier alpha value is -1.15. The van der Waals surface area contributed by atoms with Crippen LogP contribution in [0.15, 0.2) is 9.98 Å². The molecule has 6 nitrogen and oxygen atoms in total. The molecule has 3 N–H and O–H groups in total. The summed E-state index contributed by atoms with van der Waals surface area (Å²) < 4.78 is 0.783. The van der Waals surface area contributed by atoms with Gasteiger partial charge in [0, 0.05) is 0 Å². The number of hydrogen-bond donors (Lipinski definition) is 3. The van der Waals surface area contributed by atoms with E-state index in [2.05, 4.69) is 31.5 Å². The van der Waals surface area contributed by atoms with Gasteiger partial charge in [-0.3, -0.25) is 10.1 Å². The minimum absolute atomic E-state index is 0.403. The van der Waals surface area contributed by atoms with Crippen molar-refractivity contribution in [2.24, 2.45) is 0 Å². The first kappa shape index (κ1) is 10.9. The summed E-state index contributed by atoms with van der Waals surface area (Å²) in [5, 5.41) is 13.2. The molecule has 0 atom stereocenters. The summed E-state index contributed by atoms with van der Waals surface area (Å²) in [6.45, 7) is -0.418. The van der Waals surface area contributed by atoms with Crippen molar-refractivity contribution in [3.63, 3.8) is 0 Å². The van der Waals surface area contributed by atoms with E-state index in [1.807, 2.05) is 0 Å². The van der Waals surface area contributed by atoms with Crippen LogP contribution >= 0.6 is 27.3 Å². The number of carboxylic acids is 1. The molecule has 1 aromatic heterocycles. The Morgan fingerprint density at radius 2 is 2.36 bits per heavy atom. The summed E-state index contributed by atoms with van der Waals surface area (Å²) in [5.74, 6) is -1.10. The van der Waals surface area contributed by atoms with E-state index in [0.717, 1.165) is 3.79 Å². The van der Waals surface area contributed by atoms with Gasteiger partial charge >= 0.3 is 12.0 Å². The maximum Gasteiger partial charge on any atom is 0.323 e. The minimum atomic E-state index is -1.10. The van der Waals surface area contributed by atoms with Crippen molar-refractivity contribution < 1.29 is 14.7 Å². The lowest BCUT2D eigenvalue weighted by Crippen LogP contribution is -2.33. The Balaban J connectivity index is 2.37. The lowest BCUT2D eigenvalue weighted by molar-refractivity contribution is -0.135. The van der Waals surface area contributed by atoms with E-state index in [1.54, 1.807) is 0 Å². The van der Waals surface area contributed by atoms with Crippen LogP contribution < -0.4 is 10.6 Å². The number of hydrogen-bond acceptors (Lipinski definition) is 4. The fourth-order valence-electron chi connectivity index (χ4n) is 0.609. The van der Waals surface area contributed by atoms with E-state index in [1.165, 1.54) is 17.5 Å². The molecule has 1 heterocycles. The second-order valence-corrected chi connectivity index (χ2v) is 4.58. The van der Waals surface area contributed by atoms with E-state index in [-0.39, 0.29) is 0 Å². The topological polar surface area (TPSA) is 91.3 Å². The number of carboxylic acid groups (broad SMARTS) is 1. The third-order valence-electron chi connectivity index (χ3n) is 1.10. The molecule has 0 aliphatic carbocycles. The van der Waals surface area contributed by atoms with E-state index < -0.39 is 18.5 Å². The van der Waals surface area contributed by atoms with Gasteiger partial charge in [0.1, 0.15) is 6.54 Å². The fraction of sp³-hybridized carbons (Fsp3) is 0.167. The molecule has 8 heteroatoms. The number of carbonyl (C=O) groups excluding carboxylic acids is 1. The average molecular weight is 280 g/mol. The third-order valence-corrected chi connectivity index (χ3v) is 2.49. The predicted octanol–water partition coefficient (Wildman–Crippen LogP) is 1.11. The van der Waals surface area contributed by atoms with Gasteiger partial charge in [-0.15, -0.1) is 0 Å². The van der Waals surface area contributed by atoms with Crippen LogP contribution in [0.5, 0.6) is 0 Å². The molecule has 0 spiro atoms. The largest absolute Gasteiger partial charge is 0.480 e. The zero-order chi connectivity index (χ0) is 10.6. The zero-order valence-electron chi connectivity index (χ0n) is 6.78. The van der Waals surface area contributed by atoms with Crippen molar-refractivity contribution in [3.05, 3.63) is 9.98 Å². The Kier molecular flexibility index (Phi) is 3.84. The molecule has 0 aliphatic rings. The molecule has 0 saturated carbocycles. The van der Waals surface area contributed by atoms with Gasteiger partial charge < -0.3 is 10.4 Å². The third kappa shape index (κ3) is 3.71. The predicted molar refractivity (Wildman–Crippen MR) is 54.5 cm³/mol. The van der Waals surface area contributed by atoms with E-state index in [4.69, 9.17) is 5.11 Å². The number of rotatable bonds is 3. The van der Waals surface area contributed by atoms with Gasteiger partial charge in [0.05, 0.1) is 9.98 Å². The molecule has 14 heavy (non-hydrogen) atoms. The Bertz CT molecular complexity index is 354. The molecule has 1 rings (SSSR count). The molecular weight excluding hydrogens is 274 g/mol. The van der Waals surface area contributed by atoms with E-state index in [0.29, 0.717) is 5.13 Å². The second-order valence-electron chi connectivity index (χ2n) is 2.17. The maximum atomic E-state index is 11.0. The molecule has 0 fully saturated rings. The lowest BCUT2D eigenvalue weighted by Gasteiger charge is -2.01. The number of nitrogens with one attached hydrogen (secondary N) is 2. The quantitative estimate of drug-likeness (QED) is 0.773. The SMILES string of the molecule is O=C(O)CNC(=O)Nc1ncc(Br)s1. The summed E-state index contributed by atoms with van der Waals surface area (Å²) in [5.41, 5.74) is 0. The van der Waals surface area contributed by atoms with Crippen molar-refractivity contribution in [2.75, 3.05) is 11.9 Å². The average Bonchev–Trinajstić information content (AvgIpc) is 2.48. The van der Waals surface area contributed by atoms with Gasteiger partial charge in [0.15, 0.2) is 5.13 Å². The van der Waals surface area contributed by atoms with Crippen LogP contribution in [0.25, 0.3) is 0 Å². The molecule has 2 amide bonds. The van der Waals surface area contributed by atoms with Crippen molar-refractivity contribution >= 4 is 44.4 Å². The first-order chi connectivity index (χ1) is 6.58. The van der Waals surface area contributed by atoms with E-state index >= 15 is 0 Å². The number of halogens is 1. The first-order valence-electron chi connectivity index (χ1n) is 3.46. The summed E-state index contributed by atoms with van der Waals surface area (Å²) in [6.07, 6.45) is 1.54. The summed E-state index contributed by atoms with van der Waals surface area (Å²) in [7, 11) is 0.